The highest BCUT2D eigenvalue weighted by Gasteiger charge is 2.15. The minimum atomic E-state index is -0.218. The van der Waals surface area contributed by atoms with Gasteiger partial charge in [0.15, 0.2) is 0 Å². The summed E-state index contributed by atoms with van der Waals surface area (Å²) in [4.78, 5) is 1.03. The van der Waals surface area contributed by atoms with Gasteiger partial charge in [0.05, 0.1) is 13.2 Å². The van der Waals surface area contributed by atoms with Gasteiger partial charge in [-0.2, -0.15) is 0 Å². The topological polar surface area (TPSA) is 35.2 Å². The molecular weight excluding hydrogens is 285 g/mol. The number of thiophene rings is 1. The molecule has 0 fully saturated rings. The molecule has 2 aromatic carbocycles. The molecule has 4 heteroatoms. The number of halogens is 1. The van der Waals surface area contributed by atoms with Crippen molar-refractivity contribution in [3.63, 3.8) is 0 Å². The summed E-state index contributed by atoms with van der Waals surface area (Å²) in [5.41, 5.74) is 8.53. The van der Waals surface area contributed by atoms with E-state index < -0.39 is 0 Å². The quantitative estimate of drug-likeness (QED) is 0.778. The van der Waals surface area contributed by atoms with Crippen molar-refractivity contribution < 1.29 is 9.13 Å². The molecule has 1 heterocycles. The zero-order valence-electron chi connectivity index (χ0n) is 11.9. The van der Waals surface area contributed by atoms with Crippen LogP contribution in [0.15, 0.2) is 42.5 Å². The third-order valence-corrected chi connectivity index (χ3v) is 4.80. The van der Waals surface area contributed by atoms with Gasteiger partial charge in [0, 0.05) is 9.58 Å². The first-order valence-corrected chi connectivity index (χ1v) is 7.49. The first-order valence-electron chi connectivity index (χ1n) is 6.67. The van der Waals surface area contributed by atoms with Gasteiger partial charge in [-0.1, -0.05) is 12.1 Å². The molecule has 0 saturated heterocycles. The summed E-state index contributed by atoms with van der Waals surface area (Å²) in [5, 5.41) is 1.03. The van der Waals surface area contributed by atoms with Crippen molar-refractivity contribution in [3.8, 4) is 5.75 Å². The van der Waals surface area contributed by atoms with Crippen molar-refractivity contribution in [1.29, 1.82) is 0 Å². The van der Waals surface area contributed by atoms with Crippen LogP contribution in [-0.4, -0.2) is 7.11 Å². The SMILES string of the molecule is COc1ccc(C(N)c2cc3ccc(F)cc3s2)c(C)c1. The molecule has 0 aliphatic rings. The second-order valence-corrected chi connectivity index (χ2v) is 6.15. The van der Waals surface area contributed by atoms with E-state index in [-0.39, 0.29) is 11.9 Å². The van der Waals surface area contributed by atoms with Gasteiger partial charge >= 0.3 is 0 Å². The lowest BCUT2D eigenvalue weighted by Gasteiger charge is -2.14. The Morgan fingerprint density at radius 2 is 1.95 bits per heavy atom. The Bertz CT molecular complexity index is 797. The smallest absolute Gasteiger partial charge is 0.124 e. The Morgan fingerprint density at radius 1 is 1.14 bits per heavy atom. The van der Waals surface area contributed by atoms with Crippen molar-refractivity contribution in [2.24, 2.45) is 5.73 Å². The largest absolute Gasteiger partial charge is 0.497 e. The highest BCUT2D eigenvalue weighted by Crippen LogP contribution is 2.34. The number of nitrogens with two attached hydrogens (primary N) is 1. The van der Waals surface area contributed by atoms with Gasteiger partial charge in [-0.15, -0.1) is 11.3 Å². The van der Waals surface area contributed by atoms with E-state index in [1.54, 1.807) is 19.2 Å². The molecule has 0 radical (unpaired) electrons. The number of hydrogen-bond donors (Lipinski definition) is 1. The normalized spacial score (nSPS) is 12.6. The van der Waals surface area contributed by atoms with E-state index in [0.29, 0.717) is 0 Å². The van der Waals surface area contributed by atoms with Crippen LogP contribution in [0, 0.1) is 12.7 Å². The summed E-state index contributed by atoms with van der Waals surface area (Å²) >= 11 is 1.54. The summed E-state index contributed by atoms with van der Waals surface area (Å²) < 4.78 is 19.4. The maximum absolute atomic E-state index is 13.3. The van der Waals surface area contributed by atoms with Gasteiger partial charge in [-0.3, -0.25) is 0 Å². The fourth-order valence-electron chi connectivity index (χ4n) is 2.46. The van der Waals surface area contributed by atoms with Crippen LogP contribution in [0.1, 0.15) is 22.0 Å². The number of aryl methyl sites for hydroxylation is 1. The van der Waals surface area contributed by atoms with Crippen LogP contribution >= 0.6 is 11.3 Å². The fourth-order valence-corrected chi connectivity index (χ4v) is 3.57. The standard InChI is InChI=1S/C17H16FNOS/c1-10-7-13(20-2)5-6-14(10)17(19)16-8-11-3-4-12(18)9-15(11)21-16/h3-9,17H,19H2,1-2H3. The number of ether oxygens (including phenoxy) is 1. The molecule has 0 amide bonds. The van der Waals surface area contributed by atoms with Crippen molar-refractivity contribution in [2.75, 3.05) is 7.11 Å². The number of fused-ring (bicyclic) bond motifs is 1. The summed E-state index contributed by atoms with van der Waals surface area (Å²) in [7, 11) is 1.65. The Kier molecular flexibility index (Phi) is 3.66. The van der Waals surface area contributed by atoms with Crippen LogP contribution in [0.5, 0.6) is 5.75 Å². The number of methoxy groups -OCH3 is 1. The maximum Gasteiger partial charge on any atom is 0.124 e. The molecule has 21 heavy (non-hydrogen) atoms. The molecular formula is C17H16FNOS. The highest BCUT2D eigenvalue weighted by atomic mass is 32.1. The van der Waals surface area contributed by atoms with E-state index in [1.165, 1.54) is 17.4 Å². The van der Waals surface area contributed by atoms with Crippen molar-refractivity contribution >= 4 is 21.4 Å². The van der Waals surface area contributed by atoms with E-state index >= 15 is 0 Å². The van der Waals surface area contributed by atoms with Crippen molar-refractivity contribution in [2.45, 2.75) is 13.0 Å². The zero-order valence-corrected chi connectivity index (χ0v) is 12.7. The van der Waals surface area contributed by atoms with E-state index in [2.05, 4.69) is 0 Å². The van der Waals surface area contributed by atoms with Gasteiger partial charge in [-0.25, -0.2) is 4.39 Å². The molecule has 1 unspecified atom stereocenters. The minimum absolute atomic E-state index is 0.212. The van der Waals surface area contributed by atoms with E-state index in [1.807, 2.05) is 31.2 Å². The zero-order chi connectivity index (χ0) is 15.0. The fraction of sp³-hybridized carbons (Fsp3) is 0.176. The summed E-state index contributed by atoms with van der Waals surface area (Å²) in [6, 6.07) is 12.5. The van der Waals surface area contributed by atoms with Gasteiger partial charge in [0.1, 0.15) is 11.6 Å². The molecule has 1 atom stereocenters. The second kappa shape index (κ2) is 5.47. The van der Waals surface area contributed by atoms with E-state index in [0.717, 1.165) is 31.8 Å². The number of hydrogen-bond acceptors (Lipinski definition) is 3. The van der Waals surface area contributed by atoms with Gasteiger partial charge in [0.2, 0.25) is 0 Å². The summed E-state index contributed by atoms with van der Waals surface area (Å²) in [6.45, 7) is 2.02. The van der Waals surface area contributed by atoms with Gasteiger partial charge in [-0.05, 0) is 53.8 Å². The monoisotopic (exact) mass is 301 g/mol. The maximum atomic E-state index is 13.3. The van der Waals surface area contributed by atoms with E-state index in [9.17, 15) is 4.39 Å². The minimum Gasteiger partial charge on any atom is -0.497 e. The van der Waals surface area contributed by atoms with Crippen molar-refractivity contribution in [3.05, 3.63) is 64.3 Å². The lowest BCUT2D eigenvalue weighted by atomic mass is 10.00. The Balaban J connectivity index is 2.01. The lowest BCUT2D eigenvalue weighted by molar-refractivity contribution is 0.414. The van der Waals surface area contributed by atoms with Crippen LogP contribution in [0.25, 0.3) is 10.1 Å². The molecule has 0 aliphatic heterocycles. The molecule has 0 saturated carbocycles. The summed E-state index contributed by atoms with van der Waals surface area (Å²) in [6.07, 6.45) is 0. The first kappa shape index (κ1) is 14.0. The average Bonchev–Trinajstić information content (AvgIpc) is 2.89. The Morgan fingerprint density at radius 3 is 2.67 bits per heavy atom. The first-order chi connectivity index (χ1) is 10.1. The van der Waals surface area contributed by atoms with Crippen LogP contribution in [-0.2, 0) is 0 Å². The van der Waals surface area contributed by atoms with Gasteiger partial charge < -0.3 is 10.5 Å². The van der Waals surface area contributed by atoms with Gasteiger partial charge in [0.25, 0.3) is 0 Å². The molecule has 0 spiro atoms. The lowest BCUT2D eigenvalue weighted by Crippen LogP contribution is -2.11. The molecule has 2 N–H and O–H groups in total. The molecule has 108 valence electrons. The molecule has 1 aromatic heterocycles. The predicted molar refractivity (Wildman–Crippen MR) is 85.5 cm³/mol. The molecule has 0 aliphatic carbocycles. The summed E-state index contributed by atoms with van der Waals surface area (Å²) in [5.74, 6) is 0.604. The number of benzene rings is 2. The van der Waals surface area contributed by atoms with Crippen LogP contribution in [0.4, 0.5) is 4.39 Å². The highest BCUT2D eigenvalue weighted by molar-refractivity contribution is 7.19. The molecule has 2 nitrogen and oxygen atoms in total. The predicted octanol–water partition coefficient (Wildman–Crippen LogP) is 4.41. The molecule has 3 rings (SSSR count). The average molecular weight is 301 g/mol. The van der Waals surface area contributed by atoms with Crippen molar-refractivity contribution in [1.82, 2.24) is 0 Å². The third kappa shape index (κ3) is 2.64. The van der Waals surface area contributed by atoms with Crippen LogP contribution in [0.3, 0.4) is 0 Å². The number of rotatable bonds is 3. The molecule has 3 aromatic rings. The van der Waals surface area contributed by atoms with E-state index in [4.69, 9.17) is 10.5 Å². The van der Waals surface area contributed by atoms with Crippen LogP contribution < -0.4 is 10.5 Å². The second-order valence-electron chi connectivity index (χ2n) is 5.03. The van der Waals surface area contributed by atoms with Crippen LogP contribution in [0.2, 0.25) is 0 Å². The molecule has 0 bridgehead atoms. The third-order valence-electron chi connectivity index (χ3n) is 3.62. The Hall–Kier alpha value is -1.91. The Labute approximate surface area is 127 Å².